The third-order valence-corrected chi connectivity index (χ3v) is 3.62. The average Bonchev–Trinajstić information content (AvgIpc) is 2.61. The molecule has 2 fully saturated rings. The average molecular weight is 270 g/mol. The van der Waals surface area contributed by atoms with Gasteiger partial charge in [0.2, 0.25) is 0 Å². The van der Waals surface area contributed by atoms with Crippen LogP contribution in [0.15, 0.2) is 12.7 Å². The maximum atomic E-state index is 11.6. The Bertz CT molecular complexity index is 393. The van der Waals surface area contributed by atoms with E-state index in [1.54, 1.807) is 6.92 Å². The summed E-state index contributed by atoms with van der Waals surface area (Å²) in [6, 6.07) is 0. The Hall–Kier alpha value is -1.40. The molecule has 0 spiro atoms. The predicted molar refractivity (Wildman–Crippen MR) is 63.9 cm³/mol. The van der Waals surface area contributed by atoms with Crippen molar-refractivity contribution >= 4 is 11.9 Å². The maximum Gasteiger partial charge on any atom is 0.332 e. The first-order valence-corrected chi connectivity index (χ1v) is 6.29. The van der Waals surface area contributed by atoms with Crippen LogP contribution >= 0.6 is 0 Å². The summed E-state index contributed by atoms with van der Waals surface area (Å²) in [5.41, 5.74) is -0.729. The van der Waals surface area contributed by atoms with Gasteiger partial charge in [-0.05, 0) is 25.8 Å². The lowest BCUT2D eigenvalue weighted by atomic mass is 9.80. The van der Waals surface area contributed by atoms with E-state index in [1.165, 1.54) is 6.08 Å². The lowest BCUT2D eigenvalue weighted by Gasteiger charge is -2.34. The fourth-order valence-electron chi connectivity index (χ4n) is 2.60. The number of carbonyl (C=O) groups is 2. The molecule has 1 N–H and O–H groups in total. The van der Waals surface area contributed by atoms with Gasteiger partial charge in [-0.1, -0.05) is 6.58 Å². The second-order valence-corrected chi connectivity index (χ2v) is 5.13. The van der Waals surface area contributed by atoms with E-state index < -0.39 is 24.0 Å². The van der Waals surface area contributed by atoms with E-state index in [1.807, 2.05) is 0 Å². The highest BCUT2D eigenvalue weighted by molar-refractivity contribution is 5.76. The summed E-state index contributed by atoms with van der Waals surface area (Å²) in [5.74, 6) is -0.869. The molecule has 19 heavy (non-hydrogen) atoms. The SMILES string of the molecule is C=CC(O)OCC(=O)OC1CCC2CC1(C)OC2=O. The van der Waals surface area contributed by atoms with E-state index in [0.29, 0.717) is 19.3 Å². The molecule has 2 bridgehead atoms. The largest absolute Gasteiger partial charge is 0.456 e. The smallest absolute Gasteiger partial charge is 0.332 e. The molecular weight excluding hydrogens is 252 g/mol. The minimum Gasteiger partial charge on any atom is -0.456 e. The number of hydrogen-bond acceptors (Lipinski definition) is 6. The lowest BCUT2D eigenvalue weighted by molar-refractivity contribution is -0.181. The van der Waals surface area contributed by atoms with Crippen LogP contribution in [-0.2, 0) is 23.8 Å². The van der Waals surface area contributed by atoms with Crippen LogP contribution in [0.4, 0.5) is 0 Å². The fourth-order valence-corrected chi connectivity index (χ4v) is 2.60. The summed E-state index contributed by atoms with van der Waals surface area (Å²) in [7, 11) is 0. The molecule has 106 valence electrons. The Labute approximate surface area is 111 Å². The summed E-state index contributed by atoms with van der Waals surface area (Å²) in [5, 5.41) is 9.09. The van der Waals surface area contributed by atoms with Gasteiger partial charge in [-0.3, -0.25) is 4.79 Å². The first-order valence-electron chi connectivity index (χ1n) is 6.29. The van der Waals surface area contributed by atoms with E-state index in [4.69, 9.17) is 19.3 Å². The van der Waals surface area contributed by atoms with Gasteiger partial charge in [0.25, 0.3) is 0 Å². The van der Waals surface area contributed by atoms with Gasteiger partial charge in [-0.2, -0.15) is 0 Å². The van der Waals surface area contributed by atoms with Crippen molar-refractivity contribution in [3.63, 3.8) is 0 Å². The zero-order chi connectivity index (χ0) is 14.0. The fraction of sp³-hybridized carbons (Fsp3) is 0.692. The molecule has 0 aromatic heterocycles. The minimum absolute atomic E-state index is 0.0706. The Morgan fingerprint density at radius 1 is 1.68 bits per heavy atom. The molecule has 1 saturated heterocycles. The topological polar surface area (TPSA) is 82.1 Å². The zero-order valence-electron chi connectivity index (χ0n) is 10.8. The maximum absolute atomic E-state index is 11.6. The van der Waals surface area contributed by atoms with Crippen LogP contribution in [0.5, 0.6) is 0 Å². The number of rotatable bonds is 5. The molecule has 0 radical (unpaired) electrons. The molecule has 4 unspecified atom stereocenters. The van der Waals surface area contributed by atoms with Gasteiger partial charge in [-0.15, -0.1) is 0 Å². The number of hydrogen-bond donors (Lipinski definition) is 1. The van der Waals surface area contributed by atoms with Crippen LogP contribution in [0, 0.1) is 5.92 Å². The number of esters is 2. The van der Waals surface area contributed by atoms with Crippen molar-refractivity contribution in [2.75, 3.05) is 6.61 Å². The Morgan fingerprint density at radius 3 is 3.11 bits per heavy atom. The minimum atomic E-state index is -1.19. The second kappa shape index (κ2) is 5.30. The Kier molecular flexibility index (Phi) is 3.91. The molecule has 1 saturated carbocycles. The van der Waals surface area contributed by atoms with Crippen molar-refractivity contribution in [3.05, 3.63) is 12.7 Å². The Balaban J connectivity index is 1.87. The summed E-state index contributed by atoms with van der Waals surface area (Å²) < 4.78 is 15.4. The molecule has 0 aromatic rings. The van der Waals surface area contributed by atoms with Gasteiger partial charge >= 0.3 is 11.9 Å². The van der Waals surface area contributed by atoms with Gasteiger partial charge in [0.1, 0.15) is 18.3 Å². The van der Waals surface area contributed by atoms with Gasteiger partial charge in [-0.25, -0.2) is 4.79 Å². The van der Waals surface area contributed by atoms with Crippen LogP contribution in [0.25, 0.3) is 0 Å². The van der Waals surface area contributed by atoms with Crippen molar-refractivity contribution in [3.8, 4) is 0 Å². The monoisotopic (exact) mass is 270 g/mol. The molecule has 0 aromatic carbocycles. The van der Waals surface area contributed by atoms with Crippen molar-refractivity contribution in [2.45, 2.75) is 44.2 Å². The third-order valence-electron chi connectivity index (χ3n) is 3.62. The van der Waals surface area contributed by atoms with Crippen molar-refractivity contribution in [1.82, 2.24) is 0 Å². The molecule has 6 nitrogen and oxygen atoms in total. The van der Waals surface area contributed by atoms with Gasteiger partial charge in [0.15, 0.2) is 6.29 Å². The highest BCUT2D eigenvalue weighted by Gasteiger charge is 2.53. The summed E-state index contributed by atoms with van der Waals surface area (Å²) in [6.45, 7) is 4.74. The molecule has 4 atom stereocenters. The van der Waals surface area contributed by atoms with Crippen LogP contribution in [-0.4, -0.2) is 41.6 Å². The van der Waals surface area contributed by atoms with E-state index in [2.05, 4.69) is 6.58 Å². The molecule has 6 heteroatoms. The van der Waals surface area contributed by atoms with Crippen LogP contribution < -0.4 is 0 Å². The number of aliphatic hydroxyl groups excluding tert-OH is 1. The van der Waals surface area contributed by atoms with Crippen LogP contribution in [0.1, 0.15) is 26.2 Å². The number of ether oxygens (including phenoxy) is 3. The molecule has 2 aliphatic rings. The molecule has 1 heterocycles. The van der Waals surface area contributed by atoms with Gasteiger partial charge in [0, 0.05) is 6.42 Å². The molecule has 1 aliphatic heterocycles. The van der Waals surface area contributed by atoms with Crippen molar-refractivity contribution in [2.24, 2.45) is 5.92 Å². The van der Waals surface area contributed by atoms with E-state index in [-0.39, 0.29) is 18.5 Å². The van der Waals surface area contributed by atoms with Crippen LogP contribution in [0.2, 0.25) is 0 Å². The highest BCUT2D eigenvalue weighted by atomic mass is 16.6. The molecule has 1 aliphatic carbocycles. The van der Waals surface area contributed by atoms with Crippen LogP contribution in [0.3, 0.4) is 0 Å². The first-order chi connectivity index (χ1) is 8.94. The van der Waals surface area contributed by atoms with E-state index in [0.717, 1.165) is 0 Å². The quantitative estimate of drug-likeness (QED) is 0.446. The standard InChI is InChI=1S/C13H18O6/c1-3-10(14)17-7-11(15)18-9-5-4-8-6-13(9,2)19-12(8)16/h3,8-10,14H,1,4-7H2,2H3. The molecule has 0 amide bonds. The summed E-state index contributed by atoms with van der Waals surface area (Å²) in [6.07, 6.45) is 1.37. The molecule has 2 rings (SSSR count). The normalized spacial score (nSPS) is 34.5. The Morgan fingerprint density at radius 2 is 2.42 bits per heavy atom. The lowest BCUT2D eigenvalue weighted by Crippen LogP contribution is -2.44. The van der Waals surface area contributed by atoms with Gasteiger partial charge in [0.05, 0.1) is 5.92 Å². The summed E-state index contributed by atoms with van der Waals surface area (Å²) in [4.78, 5) is 23.1. The number of aliphatic hydroxyl groups is 1. The summed E-state index contributed by atoms with van der Waals surface area (Å²) >= 11 is 0. The van der Waals surface area contributed by atoms with Gasteiger partial charge < -0.3 is 19.3 Å². The first kappa shape index (κ1) is 14.0. The zero-order valence-corrected chi connectivity index (χ0v) is 10.8. The van der Waals surface area contributed by atoms with E-state index in [9.17, 15) is 9.59 Å². The van der Waals surface area contributed by atoms with E-state index >= 15 is 0 Å². The highest BCUT2D eigenvalue weighted by Crippen LogP contribution is 2.43. The predicted octanol–water partition coefficient (Wildman–Crippen LogP) is 0.535. The third kappa shape index (κ3) is 2.96. The van der Waals surface area contributed by atoms with Crippen molar-refractivity contribution in [1.29, 1.82) is 0 Å². The number of carbonyl (C=O) groups excluding carboxylic acids is 2. The van der Waals surface area contributed by atoms with Crippen molar-refractivity contribution < 1.29 is 28.9 Å². The molecular formula is C13H18O6. The number of fused-ring (bicyclic) bond motifs is 2. The second-order valence-electron chi connectivity index (χ2n) is 5.13.